The lowest BCUT2D eigenvalue weighted by atomic mass is 9.99. The monoisotopic (exact) mass is 381 g/mol. The number of benzene rings is 2. The van der Waals surface area contributed by atoms with Gasteiger partial charge >= 0.3 is 12.6 Å². The van der Waals surface area contributed by atoms with E-state index in [2.05, 4.69) is 10.1 Å². The summed E-state index contributed by atoms with van der Waals surface area (Å²) in [6, 6.07) is 7.72. The van der Waals surface area contributed by atoms with Crippen molar-refractivity contribution in [1.29, 1.82) is 0 Å². The van der Waals surface area contributed by atoms with Gasteiger partial charge in [0.1, 0.15) is 11.6 Å². The van der Waals surface area contributed by atoms with Crippen molar-refractivity contribution in [3.05, 3.63) is 64.5 Å². The molecule has 2 aromatic carbocycles. The summed E-state index contributed by atoms with van der Waals surface area (Å²) in [7, 11) is 0. The summed E-state index contributed by atoms with van der Waals surface area (Å²) >= 11 is 0. The van der Waals surface area contributed by atoms with Gasteiger partial charge in [0.25, 0.3) is 5.91 Å². The molecule has 0 aliphatic heterocycles. The first-order valence-electron chi connectivity index (χ1n) is 8.01. The molecule has 1 atom stereocenters. The Hall–Kier alpha value is -3.03. The third kappa shape index (κ3) is 5.22. The van der Waals surface area contributed by atoms with E-state index >= 15 is 0 Å². The molecule has 0 bridgehead atoms. The van der Waals surface area contributed by atoms with E-state index in [-0.39, 0.29) is 17.9 Å². The van der Waals surface area contributed by atoms with Crippen LogP contribution in [0.4, 0.5) is 13.2 Å². The molecule has 0 spiro atoms. The molecule has 0 saturated carbocycles. The molecular weight excluding hydrogens is 363 g/mol. The van der Waals surface area contributed by atoms with Gasteiger partial charge in [-0.05, 0) is 54.8 Å². The van der Waals surface area contributed by atoms with Crippen LogP contribution in [0.25, 0.3) is 0 Å². The molecule has 0 aliphatic rings. The molecule has 0 aliphatic carbocycles. The second kappa shape index (κ2) is 8.57. The van der Waals surface area contributed by atoms with Crippen molar-refractivity contribution in [2.24, 2.45) is 0 Å². The van der Waals surface area contributed by atoms with E-state index in [0.29, 0.717) is 16.7 Å². The molecule has 5 nitrogen and oxygen atoms in total. The zero-order valence-corrected chi connectivity index (χ0v) is 14.6. The van der Waals surface area contributed by atoms with Crippen molar-refractivity contribution in [3.63, 3.8) is 0 Å². The first-order valence-corrected chi connectivity index (χ1v) is 8.01. The smallest absolute Gasteiger partial charge is 0.387 e. The quantitative estimate of drug-likeness (QED) is 0.768. The Morgan fingerprint density at radius 2 is 1.67 bits per heavy atom. The van der Waals surface area contributed by atoms with Gasteiger partial charge in [-0.25, -0.2) is 4.39 Å². The molecule has 27 heavy (non-hydrogen) atoms. The van der Waals surface area contributed by atoms with E-state index in [0.717, 1.165) is 12.1 Å². The average molecular weight is 381 g/mol. The third-order valence-electron chi connectivity index (χ3n) is 3.97. The molecule has 2 aromatic rings. The van der Waals surface area contributed by atoms with E-state index in [1.165, 1.54) is 38.1 Å². The Morgan fingerprint density at radius 3 is 2.15 bits per heavy atom. The predicted octanol–water partition coefficient (Wildman–Crippen LogP) is 3.64. The maximum Gasteiger partial charge on any atom is 0.387 e. The minimum absolute atomic E-state index is 0.00345. The predicted molar refractivity (Wildman–Crippen MR) is 91.7 cm³/mol. The topological polar surface area (TPSA) is 75.6 Å². The Kier molecular flexibility index (Phi) is 6.44. The number of hydrogen-bond acceptors (Lipinski definition) is 3. The van der Waals surface area contributed by atoms with Crippen LogP contribution in [0, 0.1) is 19.7 Å². The van der Waals surface area contributed by atoms with Crippen LogP contribution in [0.1, 0.15) is 33.0 Å². The lowest BCUT2D eigenvalue weighted by molar-refractivity contribution is -0.138. The fourth-order valence-electron chi connectivity index (χ4n) is 2.70. The number of hydrogen-bond donors (Lipinski definition) is 2. The fourth-order valence-corrected chi connectivity index (χ4v) is 2.70. The van der Waals surface area contributed by atoms with Crippen molar-refractivity contribution in [1.82, 2.24) is 5.32 Å². The number of carboxylic acid groups (broad SMARTS) is 1. The molecule has 0 radical (unpaired) electrons. The van der Waals surface area contributed by atoms with Gasteiger partial charge in [-0.15, -0.1) is 0 Å². The highest BCUT2D eigenvalue weighted by atomic mass is 19.3. The lowest BCUT2D eigenvalue weighted by Crippen LogP contribution is -2.31. The first kappa shape index (κ1) is 20.3. The summed E-state index contributed by atoms with van der Waals surface area (Å²) in [6.45, 7) is -0.137. The minimum Gasteiger partial charge on any atom is -0.481 e. The second-order valence-electron chi connectivity index (χ2n) is 5.97. The highest BCUT2D eigenvalue weighted by Gasteiger charge is 2.22. The summed E-state index contributed by atoms with van der Waals surface area (Å²) in [5, 5.41) is 11.9. The van der Waals surface area contributed by atoms with Crippen LogP contribution in [-0.2, 0) is 4.79 Å². The van der Waals surface area contributed by atoms with Gasteiger partial charge in [0.05, 0.1) is 5.92 Å². The minimum atomic E-state index is -2.98. The maximum atomic E-state index is 13.0. The summed E-state index contributed by atoms with van der Waals surface area (Å²) < 4.78 is 42.3. The Morgan fingerprint density at radius 1 is 1.11 bits per heavy atom. The van der Waals surface area contributed by atoms with E-state index in [9.17, 15) is 27.9 Å². The number of aryl methyl sites for hydroxylation is 2. The maximum absolute atomic E-state index is 13.0. The van der Waals surface area contributed by atoms with Crippen molar-refractivity contribution in [2.75, 3.05) is 6.54 Å². The molecule has 2 rings (SSSR count). The number of halogens is 3. The van der Waals surface area contributed by atoms with Crippen LogP contribution in [-0.4, -0.2) is 30.1 Å². The lowest BCUT2D eigenvalue weighted by Gasteiger charge is -2.16. The SMILES string of the molecule is Cc1cc(C(=O)NCC(C(=O)O)c2ccc(F)cc2)cc(C)c1OC(F)F. The molecule has 0 fully saturated rings. The second-order valence-corrected chi connectivity index (χ2v) is 5.97. The van der Waals surface area contributed by atoms with Crippen molar-refractivity contribution < 1.29 is 32.6 Å². The van der Waals surface area contributed by atoms with Gasteiger partial charge in [0, 0.05) is 12.1 Å². The van der Waals surface area contributed by atoms with Gasteiger partial charge in [0.2, 0.25) is 0 Å². The summed E-state index contributed by atoms with van der Waals surface area (Å²) in [5.41, 5.74) is 1.25. The van der Waals surface area contributed by atoms with Crippen molar-refractivity contribution >= 4 is 11.9 Å². The normalized spacial score (nSPS) is 11.9. The Balaban J connectivity index is 2.14. The number of amides is 1. The van der Waals surface area contributed by atoms with Crippen LogP contribution >= 0.6 is 0 Å². The molecule has 2 N–H and O–H groups in total. The van der Waals surface area contributed by atoms with E-state index in [1.54, 1.807) is 0 Å². The summed E-state index contributed by atoms with van der Waals surface area (Å²) in [5.74, 6) is -3.29. The van der Waals surface area contributed by atoms with E-state index in [4.69, 9.17) is 0 Å². The van der Waals surface area contributed by atoms with Crippen molar-refractivity contribution in [2.45, 2.75) is 26.4 Å². The Labute approximate surface area is 153 Å². The fraction of sp³-hybridized carbons (Fsp3) is 0.263. The molecule has 8 heteroatoms. The molecule has 0 saturated heterocycles. The number of carboxylic acids is 1. The Bertz CT molecular complexity index is 814. The van der Waals surface area contributed by atoms with Gasteiger partial charge < -0.3 is 15.2 Å². The standard InChI is InChI=1S/C19H18F3NO4/c1-10-7-13(8-11(2)16(10)27-19(21)22)17(24)23-9-15(18(25)26)12-3-5-14(20)6-4-12/h3-8,15,19H,9H2,1-2H3,(H,23,24)(H,25,26). The van der Waals surface area contributed by atoms with Gasteiger partial charge in [0.15, 0.2) is 0 Å². The van der Waals surface area contributed by atoms with Gasteiger partial charge in [-0.1, -0.05) is 12.1 Å². The molecule has 1 unspecified atom stereocenters. The highest BCUT2D eigenvalue weighted by molar-refractivity contribution is 5.95. The number of carbonyl (C=O) groups is 2. The van der Waals surface area contributed by atoms with Crippen molar-refractivity contribution in [3.8, 4) is 5.75 Å². The molecule has 0 aromatic heterocycles. The van der Waals surface area contributed by atoms with Gasteiger partial charge in [-0.2, -0.15) is 8.78 Å². The van der Waals surface area contributed by atoms with E-state index < -0.39 is 30.2 Å². The first-order chi connectivity index (χ1) is 12.7. The number of aliphatic carboxylic acids is 1. The largest absolute Gasteiger partial charge is 0.481 e. The van der Waals surface area contributed by atoms with Crippen LogP contribution in [0.15, 0.2) is 36.4 Å². The molecule has 1 amide bonds. The zero-order valence-electron chi connectivity index (χ0n) is 14.6. The van der Waals surface area contributed by atoms with Crippen LogP contribution in [0.5, 0.6) is 5.75 Å². The molecule has 0 heterocycles. The summed E-state index contributed by atoms with van der Waals surface area (Å²) in [4.78, 5) is 23.8. The zero-order chi connectivity index (χ0) is 20.1. The number of alkyl halides is 2. The third-order valence-corrected chi connectivity index (χ3v) is 3.97. The van der Waals surface area contributed by atoms with E-state index in [1.807, 2.05) is 0 Å². The van der Waals surface area contributed by atoms with Crippen LogP contribution in [0.3, 0.4) is 0 Å². The number of carbonyl (C=O) groups excluding carboxylic acids is 1. The number of rotatable bonds is 7. The number of ether oxygens (including phenoxy) is 1. The summed E-state index contributed by atoms with van der Waals surface area (Å²) in [6.07, 6.45) is 0. The number of nitrogens with one attached hydrogen (secondary N) is 1. The highest BCUT2D eigenvalue weighted by Crippen LogP contribution is 2.26. The van der Waals surface area contributed by atoms with Crippen LogP contribution in [0.2, 0.25) is 0 Å². The molecule has 144 valence electrons. The van der Waals surface area contributed by atoms with Gasteiger partial charge in [-0.3, -0.25) is 9.59 Å². The average Bonchev–Trinajstić information content (AvgIpc) is 2.59. The van der Waals surface area contributed by atoms with Crippen LogP contribution < -0.4 is 10.1 Å². The molecular formula is C19H18F3NO4.